The number of rotatable bonds is 7. The first-order valence-corrected chi connectivity index (χ1v) is 6.61. The van der Waals surface area contributed by atoms with E-state index < -0.39 is 0 Å². The molecule has 0 aromatic carbocycles. The van der Waals surface area contributed by atoms with E-state index in [9.17, 15) is 4.79 Å². The van der Waals surface area contributed by atoms with Crippen LogP contribution in [0.3, 0.4) is 0 Å². The van der Waals surface area contributed by atoms with Gasteiger partial charge in [-0.25, -0.2) is 0 Å². The smallest absolute Gasteiger partial charge is 0.313 e. The molecule has 1 fully saturated rings. The second kappa shape index (κ2) is 6.24. The molecular weight excluding hydrogens is 202 g/mol. The third-order valence-electron chi connectivity index (χ3n) is 3.49. The summed E-state index contributed by atoms with van der Waals surface area (Å²) in [5.74, 6) is 0.0183. The summed E-state index contributed by atoms with van der Waals surface area (Å²) in [6.45, 7) is 7.95. The number of cyclic esters (lactones) is 1. The Morgan fingerprint density at radius 1 is 1.25 bits per heavy atom. The highest BCUT2D eigenvalue weighted by molar-refractivity contribution is 5.80. The quantitative estimate of drug-likeness (QED) is 0.679. The molecule has 0 spiro atoms. The molecule has 0 radical (unpaired) electrons. The van der Waals surface area contributed by atoms with Crippen molar-refractivity contribution in [3.8, 4) is 0 Å². The number of hydrogen-bond donors (Lipinski definition) is 1. The Balaban J connectivity index is 2.76. The summed E-state index contributed by atoms with van der Waals surface area (Å²) in [4.78, 5) is 12.0. The van der Waals surface area contributed by atoms with Crippen molar-refractivity contribution in [2.45, 2.75) is 58.9 Å². The first-order chi connectivity index (χ1) is 7.71. The molecule has 1 N–H and O–H groups in total. The molecule has 3 heteroatoms. The first kappa shape index (κ1) is 13.5. The maximum Gasteiger partial charge on any atom is 0.313 e. The minimum Gasteiger partial charge on any atom is -0.464 e. The van der Waals surface area contributed by atoms with E-state index in [0.29, 0.717) is 6.61 Å². The van der Waals surface area contributed by atoms with Gasteiger partial charge in [0.05, 0.1) is 11.5 Å². The van der Waals surface area contributed by atoms with Crippen LogP contribution in [0.1, 0.15) is 52.9 Å². The van der Waals surface area contributed by atoms with E-state index in [4.69, 9.17) is 4.74 Å². The lowest BCUT2D eigenvalue weighted by atomic mass is 9.74. The van der Waals surface area contributed by atoms with E-state index in [0.717, 1.165) is 38.6 Å². The van der Waals surface area contributed by atoms with Crippen LogP contribution in [-0.2, 0) is 9.53 Å². The fraction of sp³-hybridized carbons (Fsp3) is 0.923. The van der Waals surface area contributed by atoms with Crippen LogP contribution in [0.15, 0.2) is 0 Å². The third kappa shape index (κ3) is 2.57. The number of carbonyl (C=O) groups is 1. The van der Waals surface area contributed by atoms with Crippen molar-refractivity contribution < 1.29 is 9.53 Å². The van der Waals surface area contributed by atoms with Crippen LogP contribution >= 0.6 is 0 Å². The second-order valence-electron chi connectivity index (χ2n) is 4.76. The van der Waals surface area contributed by atoms with E-state index >= 15 is 0 Å². The SMILES string of the molecule is CCCN[C@H]1COC(=O)C1(CCC)CCC. The Labute approximate surface area is 98.9 Å². The molecule has 0 aliphatic carbocycles. The molecule has 0 saturated carbocycles. The summed E-state index contributed by atoms with van der Waals surface area (Å²) in [5.41, 5.74) is -0.251. The summed E-state index contributed by atoms with van der Waals surface area (Å²) in [6, 6.07) is 0.222. The standard InChI is InChI=1S/C13H25NO2/c1-4-7-13(8-5-2)11(14-9-6-3)10-16-12(13)15/h11,14H,4-10H2,1-3H3/t11-/m0/s1. The van der Waals surface area contributed by atoms with E-state index in [1.807, 2.05) is 0 Å². The highest BCUT2D eigenvalue weighted by Gasteiger charge is 2.50. The molecule has 1 aliphatic heterocycles. The van der Waals surface area contributed by atoms with E-state index in [1.165, 1.54) is 0 Å². The van der Waals surface area contributed by atoms with Crippen molar-refractivity contribution in [3.63, 3.8) is 0 Å². The Morgan fingerprint density at radius 2 is 1.88 bits per heavy atom. The van der Waals surface area contributed by atoms with E-state index in [-0.39, 0.29) is 17.4 Å². The topological polar surface area (TPSA) is 38.3 Å². The zero-order valence-electron chi connectivity index (χ0n) is 10.8. The highest BCUT2D eigenvalue weighted by Crippen LogP contribution is 2.39. The Bertz CT molecular complexity index is 222. The number of ether oxygens (including phenoxy) is 1. The molecule has 1 aliphatic rings. The molecule has 16 heavy (non-hydrogen) atoms. The summed E-state index contributed by atoms with van der Waals surface area (Å²) in [5, 5.41) is 3.48. The van der Waals surface area contributed by atoms with Gasteiger partial charge in [0.25, 0.3) is 0 Å². The Morgan fingerprint density at radius 3 is 2.38 bits per heavy atom. The first-order valence-electron chi connectivity index (χ1n) is 6.61. The lowest BCUT2D eigenvalue weighted by Gasteiger charge is -2.31. The van der Waals surface area contributed by atoms with E-state index in [1.54, 1.807) is 0 Å². The van der Waals surface area contributed by atoms with Crippen molar-refractivity contribution in [2.75, 3.05) is 13.2 Å². The molecule has 0 aromatic rings. The van der Waals surface area contributed by atoms with Crippen molar-refractivity contribution in [3.05, 3.63) is 0 Å². The molecule has 3 nitrogen and oxygen atoms in total. The normalized spacial score (nSPS) is 23.4. The Kier molecular flexibility index (Phi) is 5.26. The molecule has 94 valence electrons. The molecule has 1 heterocycles. The molecule has 0 unspecified atom stereocenters. The lowest BCUT2D eigenvalue weighted by molar-refractivity contribution is -0.147. The van der Waals surface area contributed by atoms with Gasteiger partial charge >= 0.3 is 5.97 Å². The minimum atomic E-state index is -0.251. The third-order valence-corrected chi connectivity index (χ3v) is 3.49. The van der Waals surface area contributed by atoms with Gasteiger partial charge in [0.2, 0.25) is 0 Å². The summed E-state index contributed by atoms with van der Waals surface area (Å²) >= 11 is 0. The molecule has 0 aromatic heterocycles. The molecular formula is C13H25NO2. The van der Waals surface area contributed by atoms with Crippen molar-refractivity contribution in [1.82, 2.24) is 5.32 Å². The van der Waals surface area contributed by atoms with Crippen LogP contribution in [0, 0.1) is 5.41 Å². The predicted octanol–water partition coefficient (Wildman–Crippen LogP) is 2.50. The van der Waals surface area contributed by atoms with Gasteiger partial charge in [0.1, 0.15) is 6.61 Å². The van der Waals surface area contributed by atoms with Crippen molar-refractivity contribution in [1.29, 1.82) is 0 Å². The van der Waals surface area contributed by atoms with Gasteiger partial charge in [-0.15, -0.1) is 0 Å². The summed E-state index contributed by atoms with van der Waals surface area (Å²) < 4.78 is 5.28. The molecule has 1 rings (SSSR count). The van der Waals surface area contributed by atoms with Gasteiger partial charge in [0, 0.05) is 0 Å². The second-order valence-corrected chi connectivity index (χ2v) is 4.76. The molecule has 0 bridgehead atoms. The van der Waals surface area contributed by atoms with Gasteiger partial charge < -0.3 is 10.1 Å². The lowest BCUT2D eigenvalue weighted by Crippen LogP contribution is -2.46. The maximum atomic E-state index is 12.0. The van der Waals surface area contributed by atoms with Gasteiger partial charge in [-0.3, -0.25) is 4.79 Å². The number of carbonyl (C=O) groups excluding carboxylic acids is 1. The van der Waals surface area contributed by atoms with Crippen LogP contribution in [-0.4, -0.2) is 25.2 Å². The minimum absolute atomic E-state index is 0.0183. The van der Waals surface area contributed by atoms with Crippen LogP contribution in [0.25, 0.3) is 0 Å². The van der Waals surface area contributed by atoms with Crippen molar-refractivity contribution in [2.24, 2.45) is 5.41 Å². The zero-order valence-corrected chi connectivity index (χ0v) is 10.8. The van der Waals surface area contributed by atoms with Crippen molar-refractivity contribution >= 4 is 5.97 Å². The molecule has 1 saturated heterocycles. The van der Waals surface area contributed by atoms with Crippen LogP contribution < -0.4 is 5.32 Å². The average Bonchev–Trinajstić information content (AvgIpc) is 2.56. The number of hydrogen-bond acceptors (Lipinski definition) is 3. The van der Waals surface area contributed by atoms with Gasteiger partial charge in [-0.05, 0) is 25.8 Å². The van der Waals surface area contributed by atoms with Gasteiger partial charge in [-0.2, -0.15) is 0 Å². The monoisotopic (exact) mass is 227 g/mol. The molecule has 0 amide bonds. The fourth-order valence-electron chi connectivity index (χ4n) is 2.75. The number of esters is 1. The highest BCUT2D eigenvalue weighted by atomic mass is 16.5. The van der Waals surface area contributed by atoms with E-state index in [2.05, 4.69) is 26.1 Å². The summed E-state index contributed by atoms with van der Waals surface area (Å²) in [7, 11) is 0. The Hall–Kier alpha value is -0.570. The summed E-state index contributed by atoms with van der Waals surface area (Å²) in [6.07, 6.45) is 5.07. The number of nitrogens with one attached hydrogen (secondary N) is 1. The predicted molar refractivity (Wildman–Crippen MR) is 65.3 cm³/mol. The zero-order chi connectivity index (χ0) is 12.0. The van der Waals surface area contributed by atoms with Gasteiger partial charge in [0.15, 0.2) is 0 Å². The fourth-order valence-corrected chi connectivity index (χ4v) is 2.75. The van der Waals surface area contributed by atoms with Crippen LogP contribution in [0.4, 0.5) is 0 Å². The maximum absolute atomic E-state index is 12.0. The largest absolute Gasteiger partial charge is 0.464 e. The average molecular weight is 227 g/mol. The van der Waals surface area contributed by atoms with Gasteiger partial charge in [-0.1, -0.05) is 33.6 Å². The molecule has 1 atom stereocenters. The van der Waals surface area contributed by atoms with Crippen LogP contribution in [0.2, 0.25) is 0 Å². The van der Waals surface area contributed by atoms with Crippen LogP contribution in [0.5, 0.6) is 0 Å².